The van der Waals surface area contributed by atoms with E-state index in [0.717, 1.165) is 17.5 Å². The summed E-state index contributed by atoms with van der Waals surface area (Å²) in [6, 6.07) is 13.5. The van der Waals surface area contributed by atoms with Gasteiger partial charge in [0.25, 0.3) is 10.1 Å². The van der Waals surface area contributed by atoms with Crippen LogP contribution in [-0.2, 0) is 31.9 Å². The van der Waals surface area contributed by atoms with Crippen molar-refractivity contribution in [3.8, 4) is 0 Å². The van der Waals surface area contributed by atoms with Crippen LogP contribution >= 0.6 is 0 Å². The fourth-order valence-electron chi connectivity index (χ4n) is 4.49. The van der Waals surface area contributed by atoms with E-state index in [9.17, 15) is 21.8 Å². The molecule has 5 rings (SSSR count). The minimum atomic E-state index is -4.64. The maximum atomic E-state index is 14.9. The zero-order valence-corrected chi connectivity index (χ0v) is 18.8. The summed E-state index contributed by atoms with van der Waals surface area (Å²) in [6.07, 6.45) is 2.19. The number of hydrogen-bond donors (Lipinski definition) is 1. The first-order chi connectivity index (χ1) is 16.2. The first kappa shape index (κ1) is 22.6. The van der Waals surface area contributed by atoms with E-state index in [4.69, 9.17) is 9.47 Å². The third-order valence-corrected chi connectivity index (χ3v) is 7.01. The molecule has 0 radical (unpaired) electrons. The molecule has 10 heteroatoms. The molecule has 34 heavy (non-hydrogen) atoms. The molecule has 0 amide bonds. The Morgan fingerprint density at radius 2 is 1.97 bits per heavy atom. The van der Waals surface area contributed by atoms with Crippen LogP contribution in [0, 0.1) is 18.6 Å². The number of aryl methyl sites for hydroxylation is 1. The van der Waals surface area contributed by atoms with Crippen LogP contribution in [0.1, 0.15) is 22.8 Å². The summed E-state index contributed by atoms with van der Waals surface area (Å²) in [5.74, 6) is -3.36. The predicted octanol–water partition coefficient (Wildman–Crippen LogP) is 4.51. The van der Waals surface area contributed by atoms with Gasteiger partial charge < -0.3 is 9.47 Å². The van der Waals surface area contributed by atoms with Gasteiger partial charge in [0, 0.05) is 29.6 Å². The van der Waals surface area contributed by atoms with Crippen molar-refractivity contribution in [3.63, 3.8) is 0 Å². The molecule has 0 saturated carbocycles. The third-order valence-electron chi connectivity index (χ3n) is 5.95. The molecule has 7 nitrogen and oxygen atoms in total. The predicted molar refractivity (Wildman–Crippen MR) is 119 cm³/mol. The number of aromatic nitrogens is 2. The maximum absolute atomic E-state index is 14.9. The van der Waals surface area contributed by atoms with Crippen LogP contribution in [0.5, 0.6) is 0 Å². The smallest absolute Gasteiger partial charge is 0.295 e. The molecule has 0 spiro atoms. The maximum Gasteiger partial charge on any atom is 0.295 e. The quantitative estimate of drug-likeness (QED) is 0.418. The molecule has 0 bridgehead atoms. The highest BCUT2D eigenvalue weighted by Crippen LogP contribution is 2.45. The number of hydrogen-bond acceptors (Lipinski definition) is 5. The van der Waals surface area contributed by atoms with Gasteiger partial charge in [-0.2, -0.15) is 13.5 Å². The van der Waals surface area contributed by atoms with Crippen LogP contribution in [0.4, 0.5) is 8.78 Å². The Morgan fingerprint density at radius 1 is 1.18 bits per heavy atom. The van der Waals surface area contributed by atoms with Gasteiger partial charge in [0.05, 0.1) is 13.2 Å². The van der Waals surface area contributed by atoms with Crippen molar-refractivity contribution >= 4 is 20.9 Å². The summed E-state index contributed by atoms with van der Waals surface area (Å²) < 4.78 is 77.0. The van der Waals surface area contributed by atoms with Gasteiger partial charge in [-0.1, -0.05) is 24.3 Å². The zero-order chi connectivity index (χ0) is 24.1. The summed E-state index contributed by atoms with van der Waals surface area (Å²) in [6.45, 7) is 1.38. The molecule has 176 valence electrons. The SMILES string of the molecule is Cc1c(S(=O)(=O)O)c([C@@H]2CO[C@@](Cn3cccn3)(c3ccc(F)cc3F)O2)cc2ccccc12. The van der Waals surface area contributed by atoms with Crippen LogP contribution < -0.4 is 0 Å². The lowest BCUT2D eigenvalue weighted by molar-refractivity contribution is -0.191. The van der Waals surface area contributed by atoms with Crippen LogP contribution in [0.3, 0.4) is 0 Å². The molecule has 1 aromatic heterocycles. The van der Waals surface area contributed by atoms with Crippen molar-refractivity contribution in [3.05, 3.63) is 95.3 Å². The fourth-order valence-corrected chi connectivity index (χ4v) is 5.48. The van der Waals surface area contributed by atoms with Crippen LogP contribution in [-0.4, -0.2) is 29.4 Å². The molecule has 1 saturated heterocycles. The molecule has 2 atom stereocenters. The van der Waals surface area contributed by atoms with Gasteiger partial charge in [-0.3, -0.25) is 9.23 Å². The molecular weight excluding hydrogens is 466 g/mol. The number of nitrogens with zero attached hydrogens (tertiary/aromatic N) is 2. The Morgan fingerprint density at radius 3 is 2.68 bits per heavy atom. The van der Waals surface area contributed by atoms with Gasteiger partial charge in [0.1, 0.15) is 22.6 Å². The second kappa shape index (κ2) is 8.24. The Balaban J connectivity index is 1.66. The van der Waals surface area contributed by atoms with E-state index in [2.05, 4.69) is 5.10 Å². The summed E-state index contributed by atoms with van der Waals surface area (Å²) in [5, 5.41) is 5.53. The highest BCUT2D eigenvalue weighted by molar-refractivity contribution is 7.86. The first-order valence-electron chi connectivity index (χ1n) is 10.4. The molecule has 1 aliphatic heterocycles. The van der Waals surface area contributed by atoms with E-state index in [1.807, 2.05) is 6.07 Å². The molecule has 0 aliphatic carbocycles. The van der Waals surface area contributed by atoms with Crippen LogP contribution in [0.25, 0.3) is 10.8 Å². The fraction of sp³-hybridized carbons (Fsp3) is 0.208. The molecule has 4 aromatic rings. The van der Waals surface area contributed by atoms with Gasteiger partial charge in [0.15, 0.2) is 0 Å². The lowest BCUT2D eigenvalue weighted by atomic mass is 9.99. The molecule has 1 N–H and O–H groups in total. The van der Waals surface area contributed by atoms with E-state index in [1.165, 1.54) is 16.9 Å². The Hall–Kier alpha value is -3.18. The Kier molecular flexibility index (Phi) is 5.48. The average molecular weight is 486 g/mol. The Labute approximate surface area is 194 Å². The Bertz CT molecular complexity index is 1490. The summed E-state index contributed by atoms with van der Waals surface area (Å²) >= 11 is 0. The van der Waals surface area contributed by atoms with Crippen molar-refractivity contribution in [2.75, 3.05) is 6.61 Å². The lowest BCUT2D eigenvalue weighted by Crippen LogP contribution is -2.34. The van der Waals surface area contributed by atoms with Crippen molar-refractivity contribution in [2.24, 2.45) is 0 Å². The first-order valence-corrected chi connectivity index (χ1v) is 11.9. The van der Waals surface area contributed by atoms with Crippen molar-refractivity contribution in [1.29, 1.82) is 0 Å². The van der Waals surface area contributed by atoms with Gasteiger partial charge >= 0.3 is 0 Å². The largest absolute Gasteiger partial charge is 0.341 e. The second-order valence-corrected chi connectivity index (χ2v) is 9.47. The minimum absolute atomic E-state index is 0.0576. The highest BCUT2D eigenvalue weighted by atomic mass is 32.2. The summed E-state index contributed by atoms with van der Waals surface area (Å²) in [4.78, 5) is -0.283. The van der Waals surface area contributed by atoms with E-state index in [1.54, 1.807) is 43.5 Å². The average Bonchev–Trinajstić information content (AvgIpc) is 3.43. The van der Waals surface area contributed by atoms with E-state index in [0.29, 0.717) is 10.9 Å². The number of ether oxygens (including phenoxy) is 2. The number of rotatable bonds is 5. The van der Waals surface area contributed by atoms with E-state index in [-0.39, 0.29) is 29.2 Å². The molecule has 0 unspecified atom stereocenters. The second-order valence-electron chi connectivity index (χ2n) is 8.11. The highest BCUT2D eigenvalue weighted by Gasteiger charge is 2.47. The van der Waals surface area contributed by atoms with Crippen LogP contribution in [0.15, 0.2) is 71.9 Å². The zero-order valence-electron chi connectivity index (χ0n) is 18.0. The van der Waals surface area contributed by atoms with Crippen molar-refractivity contribution in [1.82, 2.24) is 9.78 Å². The topological polar surface area (TPSA) is 90.7 Å². The normalized spacial score (nSPS) is 20.8. The van der Waals surface area contributed by atoms with Gasteiger partial charge in [0.2, 0.25) is 5.79 Å². The molecule has 3 aromatic carbocycles. The molecular formula is C24H20F2N2O5S. The lowest BCUT2D eigenvalue weighted by Gasteiger charge is -2.29. The van der Waals surface area contributed by atoms with E-state index >= 15 is 0 Å². The number of halogens is 2. The standard InChI is InChI=1S/C24H20F2N2O5S/c1-15-18-6-3-2-5-16(18)11-19(23(15)34(29,30)31)22-13-32-24(33-22,14-28-10-4-9-27-28)20-8-7-17(25)12-21(20)26/h2-12,22H,13-14H2,1H3,(H,29,30,31)/t22-,24+/m0/s1. The minimum Gasteiger partial charge on any atom is -0.341 e. The molecule has 1 fully saturated rings. The van der Waals surface area contributed by atoms with Gasteiger partial charge in [-0.05, 0) is 47.5 Å². The van der Waals surface area contributed by atoms with Gasteiger partial charge in [-0.15, -0.1) is 0 Å². The number of fused-ring (bicyclic) bond motifs is 1. The van der Waals surface area contributed by atoms with Crippen molar-refractivity contribution in [2.45, 2.75) is 30.3 Å². The summed E-state index contributed by atoms with van der Waals surface area (Å²) in [5.41, 5.74) is 0.484. The van der Waals surface area contributed by atoms with Gasteiger partial charge in [-0.25, -0.2) is 8.78 Å². The van der Waals surface area contributed by atoms with Crippen molar-refractivity contribution < 1.29 is 31.2 Å². The van der Waals surface area contributed by atoms with Crippen LogP contribution in [0.2, 0.25) is 0 Å². The third kappa shape index (κ3) is 3.88. The number of benzene rings is 3. The monoisotopic (exact) mass is 486 g/mol. The summed E-state index contributed by atoms with van der Waals surface area (Å²) in [7, 11) is -4.64. The molecule has 1 aliphatic rings. The van der Waals surface area contributed by atoms with E-state index < -0.39 is 33.6 Å². The molecule has 2 heterocycles.